The van der Waals surface area contributed by atoms with Gasteiger partial charge in [-0.3, -0.25) is 0 Å². The van der Waals surface area contributed by atoms with E-state index < -0.39 is 8.32 Å². The van der Waals surface area contributed by atoms with Crippen LogP contribution < -0.4 is 10.4 Å². The third-order valence-corrected chi connectivity index (χ3v) is 9.96. The van der Waals surface area contributed by atoms with Gasteiger partial charge < -0.3 is 9.16 Å². The summed E-state index contributed by atoms with van der Waals surface area (Å²) in [7, 11) is -2.55. The van der Waals surface area contributed by atoms with Crippen LogP contribution in [0.2, 0.25) is 5.04 Å². The molecule has 28 heavy (non-hydrogen) atoms. The van der Waals surface area contributed by atoms with Crippen molar-refractivity contribution in [3.05, 3.63) is 72.8 Å². The molecular weight excluding hydrogens is 364 g/mol. The summed E-state index contributed by atoms with van der Waals surface area (Å²) in [5, 5.41) is 2.46. The van der Waals surface area contributed by atoms with Gasteiger partial charge in [-0.2, -0.15) is 0 Å². The average Bonchev–Trinajstić information content (AvgIpc) is 2.67. The van der Waals surface area contributed by atoms with E-state index in [-0.39, 0.29) is 17.1 Å². The molecule has 3 nitrogen and oxygen atoms in total. The monoisotopic (exact) mass is 396 g/mol. The molecule has 0 fully saturated rings. The second kappa shape index (κ2) is 9.85. The van der Waals surface area contributed by atoms with Crippen LogP contribution in [0.5, 0.6) is 0 Å². The quantitative estimate of drug-likeness (QED) is 0.375. The lowest BCUT2D eigenvalue weighted by Gasteiger charge is -2.44. The van der Waals surface area contributed by atoms with E-state index in [0.29, 0.717) is 13.0 Å². The van der Waals surface area contributed by atoms with Crippen LogP contribution in [0.25, 0.3) is 0 Å². The molecule has 150 valence electrons. The molecule has 0 bridgehead atoms. The van der Waals surface area contributed by atoms with Crippen molar-refractivity contribution in [2.24, 2.45) is 0 Å². The summed E-state index contributed by atoms with van der Waals surface area (Å²) >= 11 is 0. The lowest BCUT2D eigenvalue weighted by Crippen LogP contribution is -2.67. The van der Waals surface area contributed by atoms with Gasteiger partial charge in [0.1, 0.15) is 0 Å². The average molecular weight is 397 g/mol. The third-order valence-electron chi connectivity index (χ3n) is 4.80. The zero-order chi connectivity index (χ0) is 20.6. The Morgan fingerprint density at radius 3 is 1.93 bits per heavy atom. The molecule has 0 N–H and O–H groups in total. The standard InChI is InChI=1S/C24H32O3Si/c1-6-26-23(25)19-13-14-20(2)27-28(24(3,4)5,21-15-9-7-10-16-21)22-17-11-8-12-18-22/h7-13,15-20H,6,14H2,1-5H3/b19-13+. The van der Waals surface area contributed by atoms with Crippen LogP contribution in [0.3, 0.4) is 0 Å². The van der Waals surface area contributed by atoms with Crippen molar-refractivity contribution in [2.75, 3.05) is 6.61 Å². The number of rotatable bonds is 8. The molecular formula is C24H32O3Si. The Hall–Kier alpha value is -2.17. The number of hydrogen-bond donors (Lipinski definition) is 0. The van der Waals surface area contributed by atoms with Gasteiger partial charge in [-0.05, 0) is 35.7 Å². The van der Waals surface area contributed by atoms with Gasteiger partial charge >= 0.3 is 5.97 Å². The molecule has 0 amide bonds. The van der Waals surface area contributed by atoms with Crippen molar-refractivity contribution in [3.8, 4) is 0 Å². The molecule has 4 heteroatoms. The highest BCUT2D eigenvalue weighted by Gasteiger charge is 2.50. The predicted molar refractivity (Wildman–Crippen MR) is 119 cm³/mol. The van der Waals surface area contributed by atoms with Gasteiger partial charge in [-0.25, -0.2) is 4.79 Å². The summed E-state index contributed by atoms with van der Waals surface area (Å²) in [6.07, 6.45) is 3.97. The van der Waals surface area contributed by atoms with Crippen molar-refractivity contribution in [1.29, 1.82) is 0 Å². The SMILES string of the molecule is CCOC(=O)/C=C/CC(C)O[Si](c1ccccc1)(c1ccccc1)C(C)(C)C. The fourth-order valence-electron chi connectivity index (χ4n) is 3.59. The van der Waals surface area contributed by atoms with Gasteiger partial charge in [0.2, 0.25) is 0 Å². The van der Waals surface area contributed by atoms with Gasteiger partial charge in [0.05, 0.1) is 6.61 Å². The number of hydrogen-bond acceptors (Lipinski definition) is 3. The van der Waals surface area contributed by atoms with Gasteiger partial charge in [-0.1, -0.05) is 87.5 Å². The van der Waals surface area contributed by atoms with E-state index >= 15 is 0 Å². The normalized spacial score (nSPS) is 13.5. The second-order valence-corrected chi connectivity index (χ2v) is 12.2. The molecule has 0 aliphatic rings. The molecule has 1 atom stereocenters. The molecule has 2 rings (SSSR count). The van der Waals surface area contributed by atoms with Crippen molar-refractivity contribution in [2.45, 2.75) is 52.2 Å². The molecule has 2 aromatic rings. The third kappa shape index (κ3) is 5.21. The first kappa shape index (κ1) is 22.1. The minimum atomic E-state index is -2.55. The Morgan fingerprint density at radius 2 is 1.50 bits per heavy atom. The van der Waals surface area contributed by atoms with Crippen LogP contribution in [-0.2, 0) is 14.0 Å². The molecule has 0 radical (unpaired) electrons. The maximum Gasteiger partial charge on any atom is 0.330 e. The highest BCUT2D eigenvalue weighted by atomic mass is 28.4. The zero-order valence-electron chi connectivity index (χ0n) is 17.6. The number of ether oxygens (including phenoxy) is 1. The van der Waals surface area contributed by atoms with Gasteiger partial charge in [0, 0.05) is 12.2 Å². The number of carbonyl (C=O) groups excluding carboxylic acids is 1. The molecule has 0 aliphatic carbocycles. The predicted octanol–water partition coefficient (Wildman–Crippen LogP) is 4.46. The Kier molecular flexibility index (Phi) is 7.78. The van der Waals surface area contributed by atoms with E-state index in [0.717, 1.165) is 0 Å². The Labute approximate surface area is 170 Å². The van der Waals surface area contributed by atoms with Crippen molar-refractivity contribution in [1.82, 2.24) is 0 Å². The van der Waals surface area contributed by atoms with Crippen molar-refractivity contribution in [3.63, 3.8) is 0 Å². The van der Waals surface area contributed by atoms with Crippen LogP contribution in [0.4, 0.5) is 0 Å². The Balaban J connectivity index is 2.40. The van der Waals surface area contributed by atoms with Crippen LogP contribution in [0.1, 0.15) is 41.0 Å². The van der Waals surface area contributed by atoms with E-state index in [1.165, 1.54) is 16.4 Å². The molecule has 0 aliphatic heterocycles. The maximum absolute atomic E-state index is 11.6. The second-order valence-electron chi connectivity index (χ2n) is 7.98. The van der Waals surface area contributed by atoms with E-state index in [9.17, 15) is 4.79 Å². The highest BCUT2D eigenvalue weighted by molar-refractivity contribution is 6.99. The van der Waals surface area contributed by atoms with E-state index in [2.05, 4.69) is 76.2 Å². The summed E-state index contributed by atoms with van der Waals surface area (Å²) in [6, 6.07) is 21.2. The lowest BCUT2D eigenvalue weighted by molar-refractivity contribution is -0.137. The number of benzene rings is 2. The summed E-state index contributed by atoms with van der Waals surface area (Å²) < 4.78 is 11.9. The number of carbonyl (C=O) groups is 1. The first-order valence-corrected chi connectivity index (χ1v) is 11.8. The first-order chi connectivity index (χ1) is 13.3. The molecule has 0 aromatic heterocycles. The van der Waals surface area contributed by atoms with Crippen LogP contribution in [0.15, 0.2) is 72.8 Å². The largest absolute Gasteiger partial charge is 0.463 e. The molecule has 2 aromatic carbocycles. The Morgan fingerprint density at radius 1 is 1.00 bits per heavy atom. The fourth-order valence-corrected chi connectivity index (χ4v) is 8.30. The van der Waals surface area contributed by atoms with Crippen molar-refractivity contribution < 1.29 is 14.0 Å². The summed E-state index contributed by atoms with van der Waals surface area (Å²) in [6.45, 7) is 11.1. The zero-order valence-corrected chi connectivity index (χ0v) is 18.6. The van der Waals surface area contributed by atoms with Gasteiger partial charge in [0.25, 0.3) is 8.32 Å². The van der Waals surface area contributed by atoms with Crippen LogP contribution in [-0.4, -0.2) is 27.0 Å². The highest BCUT2D eigenvalue weighted by Crippen LogP contribution is 2.37. The molecule has 1 unspecified atom stereocenters. The van der Waals surface area contributed by atoms with Gasteiger partial charge in [-0.15, -0.1) is 0 Å². The molecule has 0 heterocycles. The summed E-state index contributed by atoms with van der Waals surface area (Å²) in [5.41, 5.74) is 0. The summed E-state index contributed by atoms with van der Waals surface area (Å²) in [5.74, 6) is -0.305. The minimum Gasteiger partial charge on any atom is -0.463 e. The Bertz CT molecular complexity index is 724. The van der Waals surface area contributed by atoms with Crippen LogP contribution in [0, 0.1) is 0 Å². The summed E-state index contributed by atoms with van der Waals surface area (Å²) in [4.78, 5) is 11.6. The van der Waals surface area contributed by atoms with Crippen LogP contribution >= 0.6 is 0 Å². The smallest absolute Gasteiger partial charge is 0.330 e. The lowest BCUT2D eigenvalue weighted by atomic mass is 10.2. The number of esters is 1. The maximum atomic E-state index is 11.6. The molecule has 0 spiro atoms. The van der Waals surface area contributed by atoms with Gasteiger partial charge in [0.15, 0.2) is 0 Å². The topological polar surface area (TPSA) is 35.5 Å². The fraction of sp³-hybridized carbons (Fsp3) is 0.375. The minimum absolute atomic E-state index is 0.0306. The molecule has 0 saturated heterocycles. The first-order valence-electron chi connectivity index (χ1n) is 9.93. The van der Waals surface area contributed by atoms with E-state index in [1.807, 2.05) is 18.2 Å². The van der Waals surface area contributed by atoms with Crippen molar-refractivity contribution >= 4 is 24.7 Å². The van der Waals surface area contributed by atoms with E-state index in [4.69, 9.17) is 9.16 Å². The molecule has 0 saturated carbocycles. The van der Waals surface area contributed by atoms with E-state index in [1.54, 1.807) is 6.92 Å².